The molecular weight excluding hydrogens is 867 g/mol. The summed E-state index contributed by atoms with van der Waals surface area (Å²) in [5.74, 6) is -5.91. The van der Waals surface area contributed by atoms with Crippen molar-refractivity contribution >= 4 is 67.8 Å². The number of benzene rings is 2. The monoisotopic (exact) mass is 938 g/mol. The third kappa shape index (κ3) is 15.6. The fourth-order valence-electron chi connectivity index (χ4n) is 7.14. The summed E-state index contributed by atoms with van der Waals surface area (Å²) in [6.45, 7) is 4.51. The summed E-state index contributed by atoms with van der Waals surface area (Å²) >= 11 is 0. The molecule has 1 unspecified atom stereocenters. The third-order valence-electron chi connectivity index (χ3n) is 10.7. The average molecular weight is 938 g/mol. The lowest BCUT2D eigenvalue weighted by atomic mass is 10.0. The molecule has 362 valence electrons. The van der Waals surface area contributed by atoms with Crippen LogP contribution >= 0.6 is 0 Å². The van der Waals surface area contributed by atoms with Gasteiger partial charge in [0.2, 0.25) is 45.5 Å². The van der Waals surface area contributed by atoms with Gasteiger partial charge in [-0.3, -0.25) is 33.6 Å². The zero-order chi connectivity index (χ0) is 48.6. The Labute approximate surface area is 379 Å². The Bertz CT molecular complexity index is 2110. The molecule has 2 aromatic carbocycles. The second kappa shape index (κ2) is 25.3. The highest BCUT2D eigenvalue weighted by Crippen LogP contribution is 2.30. The van der Waals surface area contributed by atoms with Crippen LogP contribution in [-0.2, 0) is 43.6 Å². The van der Waals surface area contributed by atoms with Crippen LogP contribution in [0.5, 0.6) is 0 Å². The molecule has 1 saturated heterocycles. The number of carbonyl (C=O) groups excluding carboxylic acids is 7. The summed E-state index contributed by atoms with van der Waals surface area (Å²) in [4.78, 5) is 98.0. The van der Waals surface area contributed by atoms with Crippen molar-refractivity contribution in [1.82, 2.24) is 41.9 Å². The molecule has 24 heteroatoms. The molecule has 7 amide bonds. The molecule has 0 saturated carbocycles. The maximum absolute atomic E-state index is 14.3. The highest BCUT2D eigenvalue weighted by molar-refractivity contribution is 7.89. The van der Waals surface area contributed by atoms with Gasteiger partial charge >= 0.3 is 0 Å². The lowest BCUT2D eigenvalue weighted by Crippen LogP contribution is -2.70. The fourth-order valence-corrected chi connectivity index (χ4v) is 8.41. The van der Waals surface area contributed by atoms with Gasteiger partial charge in [-0.05, 0) is 31.4 Å². The van der Waals surface area contributed by atoms with Crippen LogP contribution in [0.15, 0.2) is 41.3 Å². The number of aliphatic hydroxyl groups excluding tert-OH is 1. The molecule has 23 nitrogen and oxygen atoms in total. The zero-order valence-electron chi connectivity index (χ0n) is 38.0. The zero-order valence-corrected chi connectivity index (χ0v) is 38.9. The van der Waals surface area contributed by atoms with E-state index >= 15 is 0 Å². The molecule has 1 aliphatic rings. The van der Waals surface area contributed by atoms with Crippen LogP contribution in [0.1, 0.15) is 52.9 Å². The Morgan fingerprint density at radius 3 is 1.65 bits per heavy atom. The molecule has 65 heavy (non-hydrogen) atoms. The van der Waals surface area contributed by atoms with Gasteiger partial charge in [-0.25, -0.2) is 13.1 Å². The first-order valence-electron chi connectivity index (χ1n) is 21.8. The summed E-state index contributed by atoms with van der Waals surface area (Å²) in [5.41, 5.74) is 16.0. The topological polar surface area (TPSA) is 384 Å². The standard InChI is InChI=1S/C41H67N13O10S/c1-22(2)20-30-39(60)50-28(13-17-43)36(57)49-29(14-18-44)38(59)53-34(23(3)55)41(62)46-19-15-26(45)35(56)48-27(12-16-42)37(58)52-31(40(61)51-30)21-47-65(63,64)33-11-7-8-24-25(33)9-6-10-32(24)54(4)5/h6-11,22-23,26-31,34,47,55H,12-21,42-45H2,1-5H3,(H,46,62)(H,48,56)(H,49,57)(H,50,60)(H,51,61)(H,52,58)(H,53,59)/p+4/t23?,26-,27-,28-,29-,30-,31+,34-/m0/s1. The Kier molecular flexibility index (Phi) is 20.9. The van der Waals surface area contributed by atoms with Crippen molar-refractivity contribution in [3.8, 4) is 0 Å². The normalized spacial score (nSPS) is 24.5. The van der Waals surface area contributed by atoms with Crippen molar-refractivity contribution in [3.05, 3.63) is 36.4 Å². The van der Waals surface area contributed by atoms with Crippen LogP contribution in [-0.4, -0.2) is 150 Å². The number of sulfonamides is 1. The van der Waals surface area contributed by atoms with Gasteiger partial charge in [0, 0.05) is 69.3 Å². The largest absolute Gasteiger partial charge is 0.391 e. The van der Waals surface area contributed by atoms with Gasteiger partial charge in [0.05, 0.1) is 30.6 Å². The van der Waals surface area contributed by atoms with Crippen LogP contribution in [0.2, 0.25) is 0 Å². The minimum Gasteiger partial charge on any atom is -0.391 e. The molecule has 21 N–H and O–H groups in total. The number of hydrogen-bond acceptors (Lipinski definition) is 11. The molecule has 1 aliphatic heterocycles. The van der Waals surface area contributed by atoms with Gasteiger partial charge in [0.1, 0.15) is 36.3 Å². The predicted octanol–water partition coefficient (Wildman–Crippen LogP) is -7.45. The predicted molar refractivity (Wildman–Crippen MR) is 238 cm³/mol. The highest BCUT2D eigenvalue weighted by atomic mass is 32.2. The molecule has 2 aromatic rings. The van der Waals surface area contributed by atoms with Crippen molar-refractivity contribution in [1.29, 1.82) is 0 Å². The van der Waals surface area contributed by atoms with Gasteiger partial charge in [-0.2, -0.15) is 0 Å². The molecule has 0 spiro atoms. The number of nitrogens with zero attached hydrogens (tertiary/aromatic N) is 1. The lowest BCUT2D eigenvalue weighted by molar-refractivity contribution is -0.404. The van der Waals surface area contributed by atoms with E-state index < -0.39 is 106 Å². The van der Waals surface area contributed by atoms with E-state index in [2.05, 4.69) is 64.9 Å². The Morgan fingerprint density at radius 1 is 0.662 bits per heavy atom. The lowest BCUT2D eigenvalue weighted by Gasteiger charge is -2.28. The van der Waals surface area contributed by atoms with Crippen molar-refractivity contribution in [2.45, 2.75) is 106 Å². The average Bonchev–Trinajstić information content (AvgIpc) is 3.24. The van der Waals surface area contributed by atoms with E-state index in [4.69, 9.17) is 0 Å². The summed E-state index contributed by atoms with van der Waals surface area (Å²) in [7, 11) is -0.745. The summed E-state index contributed by atoms with van der Waals surface area (Å²) in [5, 5.41) is 29.6. The Balaban J connectivity index is 2.10. The van der Waals surface area contributed by atoms with Crippen LogP contribution in [0.25, 0.3) is 10.8 Å². The van der Waals surface area contributed by atoms with Gasteiger partial charge in [0.25, 0.3) is 5.91 Å². The number of rotatable bonds is 14. The fraction of sp³-hybridized carbons (Fsp3) is 0.585. The number of fused-ring (bicyclic) bond motifs is 1. The smallest absolute Gasteiger partial charge is 0.278 e. The molecule has 0 aromatic heterocycles. The van der Waals surface area contributed by atoms with E-state index in [0.717, 1.165) is 5.69 Å². The number of carbonyl (C=O) groups is 7. The maximum atomic E-state index is 14.3. The van der Waals surface area contributed by atoms with Crippen LogP contribution in [0.3, 0.4) is 0 Å². The van der Waals surface area contributed by atoms with Crippen LogP contribution in [0.4, 0.5) is 5.69 Å². The van der Waals surface area contributed by atoms with Gasteiger partial charge in [-0.1, -0.05) is 38.1 Å². The van der Waals surface area contributed by atoms with E-state index in [0.29, 0.717) is 10.8 Å². The van der Waals surface area contributed by atoms with Crippen molar-refractivity contribution in [2.75, 3.05) is 51.7 Å². The van der Waals surface area contributed by atoms with Crippen molar-refractivity contribution < 1.29 is 70.0 Å². The van der Waals surface area contributed by atoms with E-state index in [1.807, 2.05) is 25.1 Å². The third-order valence-corrected chi connectivity index (χ3v) is 12.2. The highest BCUT2D eigenvalue weighted by Gasteiger charge is 2.36. The minimum atomic E-state index is -4.38. The Morgan fingerprint density at radius 2 is 1.12 bits per heavy atom. The van der Waals surface area contributed by atoms with E-state index in [1.165, 1.54) is 13.0 Å². The summed E-state index contributed by atoms with van der Waals surface area (Å²) in [6.07, 6.45) is -1.37. The number of hydrogen-bond donors (Lipinski definition) is 13. The van der Waals surface area contributed by atoms with Gasteiger partial charge < -0.3 is 70.2 Å². The number of aliphatic hydroxyl groups is 1. The molecular formula is C41H71N13O10S+4. The van der Waals surface area contributed by atoms with Crippen molar-refractivity contribution in [3.63, 3.8) is 0 Å². The molecule has 1 heterocycles. The molecule has 1 fully saturated rings. The van der Waals surface area contributed by atoms with Gasteiger partial charge in [-0.15, -0.1) is 0 Å². The van der Waals surface area contributed by atoms with E-state index in [9.17, 15) is 47.1 Å². The van der Waals surface area contributed by atoms with E-state index in [1.54, 1.807) is 38.1 Å². The molecule has 0 aliphatic carbocycles. The van der Waals surface area contributed by atoms with Crippen LogP contribution < -0.4 is 69.8 Å². The molecule has 8 atom stereocenters. The number of anilines is 1. The molecule has 3 rings (SSSR count). The van der Waals surface area contributed by atoms with Gasteiger partial charge in [0.15, 0.2) is 6.04 Å². The second-order valence-electron chi connectivity index (χ2n) is 16.7. The number of quaternary nitrogens is 4. The number of nitrogens with one attached hydrogen (secondary N) is 8. The van der Waals surface area contributed by atoms with Crippen molar-refractivity contribution in [2.24, 2.45) is 5.92 Å². The Hall–Kier alpha value is -5.50. The summed E-state index contributed by atoms with van der Waals surface area (Å²) < 4.78 is 30.5. The SMILES string of the molecule is CC(C)C[C@@H]1NC(=O)[C@@H](CNS(=O)(=O)c2cccc3c(N(C)C)cccc23)NC(=O)[C@H](CC[NH3+])NC(=O)[C@@H]([NH3+])CCNC(=O)[C@H](C(C)O)NC(=O)[C@H](CC[NH3+])NC(=O)[C@H](CC[NH3+])NC1=O. The molecule has 0 radical (unpaired) electrons. The maximum Gasteiger partial charge on any atom is 0.278 e. The van der Waals surface area contributed by atoms with E-state index in [-0.39, 0.29) is 69.1 Å². The second-order valence-corrected chi connectivity index (χ2v) is 18.5. The van der Waals surface area contributed by atoms with Crippen LogP contribution in [0, 0.1) is 5.92 Å². The molecule has 0 bridgehead atoms. The summed E-state index contributed by atoms with van der Waals surface area (Å²) in [6, 6.07) is 0.674. The first kappa shape index (κ1) is 53.8. The minimum absolute atomic E-state index is 0.00861. The first-order chi connectivity index (χ1) is 30.6. The quantitative estimate of drug-likeness (QED) is 0.0844. The first-order valence-corrected chi connectivity index (χ1v) is 23.3. The number of amides is 7.